The van der Waals surface area contributed by atoms with Crippen molar-refractivity contribution in [2.75, 3.05) is 18.5 Å². The summed E-state index contributed by atoms with van der Waals surface area (Å²) >= 11 is 7.06. The minimum atomic E-state index is -3.75. The van der Waals surface area contributed by atoms with Gasteiger partial charge in [0.25, 0.3) is 5.91 Å². The van der Waals surface area contributed by atoms with Gasteiger partial charge in [0, 0.05) is 24.2 Å². The number of halogens is 1. The molecule has 0 spiro atoms. The second-order valence-corrected chi connectivity index (χ2v) is 16.3. The molecule has 3 aromatic carbocycles. The Morgan fingerprint density at radius 2 is 1.82 bits per heavy atom. The summed E-state index contributed by atoms with van der Waals surface area (Å²) in [5.41, 5.74) is 6.10. The molecule has 9 nitrogen and oxygen atoms in total. The molecule has 0 saturated heterocycles. The first-order valence-electron chi connectivity index (χ1n) is 16.1. The van der Waals surface area contributed by atoms with Crippen LogP contribution in [0.1, 0.15) is 35.1 Å². The maximum Gasteiger partial charge on any atom is 0.325 e. The highest BCUT2D eigenvalue weighted by molar-refractivity contribution is 7.91. The number of nitrogens with one attached hydrogen (secondary N) is 2. The lowest BCUT2D eigenvalue weighted by atomic mass is 9.81. The number of amides is 1. The average molecular weight is 715 g/mol. The molecule has 2 bridgehead atoms. The zero-order chi connectivity index (χ0) is 34.3. The molecule has 1 aliphatic heterocycles. The van der Waals surface area contributed by atoms with Crippen molar-refractivity contribution in [2.24, 2.45) is 16.8 Å². The molecule has 12 heteroatoms. The number of ether oxygens (including phenoxy) is 1. The van der Waals surface area contributed by atoms with Crippen molar-refractivity contribution in [3.63, 3.8) is 0 Å². The largest absolute Gasteiger partial charge is 0.426 e. The van der Waals surface area contributed by atoms with Crippen LogP contribution in [0, 0.1) is 11.8 Å². The minimum absolute atomic E-state index is 0.0236. The number of sulfonamides is 1. The van der Waals surface area contributed by atoms with Gasteiger partial charge in [-0.15, -0.1) is 11.3 Å². The smallest absolute Gasteiger partial charge is 0.325 e. The lowest BCUT2D eigenvalue weighted by Crippen LogP contribution is -2.45. The fourth-order valence-corrected chi connectivity index (χ4v) is 9.99. The van der Waals surface area contributed by atoms with E-state index in [9.17, 15) is 18.0 Å². The van der Waals surface area contributed by atoms with Crippen LogP contribution in [0.25, 0.3) is 0 Å². The van der Waals surface area contributed by atoms with Gasteiger partial charge in [-0.25, -0.2) is 13.1 Å². The van der Waals surface area contributed by atoms with Crippen LogP contribution in [0.5, 0.6) is 5.75 Å². The van der Waals surface area contributed by atoms with Gasteiger partial charge in [0.05, 0.1) is 22.3 Å². The molecular weight excluding hydrogens is 680 g/mol. The lowest BCUT2D eigenvalue weighted by molar-refractivity contribution is -0.133. The highest BCUT2D eigenvalue weighted by Gasteiger charge is 2.42. The van der Waals surface area contributed by atoms with E-state index in [1.807, 2.05) is 66.7 Å². The third-order valence-corrected chi connectivity index (χ3v) is 12.7. The molecule has 3 aliphatic rings. The van der Waals surface area contributed by atoms with Crippen LogP contribution in [-0.4, -0.2) is 51.8 Å². The van der Waals surface area contributed by atoms with E-state index in [2.05, 4.69) is 16.6 Å². The van der Waals surface area contributed by atoms with E-state index in [0.717, 1.165) is 57.7 Å². The van der Waals surface area contributed by atoms with Gasteiger partial charge >= 0.3 is 5.97 Å². The third-order valence-electron chi connectivity index (χ3n) is 9.56. The quantitative estimate of drug-likeness (QED) is 0.136. The predicted octanol–water partition coefficient (Wildman–Crippen LogP) is 5.76. The number of hydrogen-bond donors (Lipinski definition) is 2. The Labute approximate surface area is 294 Å². The Balaban J connectivity index is 1.06. The molecule has 2 N–H and O–H groups in total. The summed E-state index contributed by atoms with van der Waals surface area (Å²) in [6, 6.07) is 25.6. The number of thiophene rings is 1. The van der Waals surface area contributed by atoms with E-state index in [1.165, 1.54) is 6.07 Å². The van der Waals surface area contributed by atoms with Crippen molar-refractivity contribution in [3.05, 3.63) is 124 Å². The van der Waals surface area contributed by atoms with Gasteiger partial charge in [-0.1, -0.05) is 78.4 Å². The number of hydrogen-bond acceptors (Lipinski definition) is 8. The number of esters is 1. The molecule has 252 valence electrons. The fraction of sp³-hybridized carbons (Fsp3) is 0.270. The van der Waals surface area contributed by atoms with Crippen LogP contribution in [0.2, 0.25) is 4.34 Å². The Bertz CT molecular complexity index is 2080. The SMILES string of the molecule is C=C1Cc2ccc(OC(=O)CN[C@H]3N=C(c4ccccc4)c4ccccc4N(C)C3=O)cc2C[C@H]2CC[C@@H]1[C@H]2NS(=O)(=O)c1ccc(Cl)s1. The van der Waals surface area contributed by atoms with Gasteiger partial charge < -0.3 is 9.64 Å². The van der Waals surface area contributed by atoms with Crippen molar-refractivity contribution >= 4 is 56.2 Å². The molecule has 2 aliphatic carbocycles. The van der Waals surface area contributed by atoms with Gasteiger partial charge in [-0.2, -0.15) is 0 Å². The second-order valence-electron chi connectivity index (χ2n) is 12.6. The Morgan fingerprint density at radius 3 is 2.59 bits per heavy atom. The van der Waals surface area contributed by atoms with Crippen LogP contribution in [0.3, 0.4) is 0 Å². The van der Waals surface area contributed by atoms with Crippen LogP contribution in [0.4, 0.5) is 5.69 Å². The van der Waals surface area contributed by atoms with E-state index < -0.39 is 22.2 Å². The molecule has 7 rings (SSSR count). The molecule has 49 heavy (non-hydrogen) atoms. The van der Waals surface area contributed by atoms with Gasteiger partial charge in [-0.3, -0.25) is 19.9 Å². The maximum absolute atomic E-state index is 13.5. The van der Waals surface area contributed by atoms with Gasteiger partial charge in [0.15, 0.2) is 6.17 Å². The van der Waals surface area contributed by atoms with Crippen LogP contribution >= 0.6 is 22.9 Å². The van der Waals surface area contributed by atoms with Crippen molar-refractivity contribution in [2.45, 2.75) is 42.1 Å². The maximum atomic E-state index is 13.5. The number of carbonyl (C=O) groups excluding carboxylic acids is 2. The summed E-state index contributed by atoms with van der Waals surface area (Å²) in [5, 5.41) is 3.01. The van der Waals surface area contributed by atoms with Crippen molar-refractivity contribution in [1.29, 1.82) is 0 Å². The van der Waals surface area contributed by atoms with Crippen molar-refractivity contribution < 1.29 is 22.7 Å². The summed E-state index contributed by atoms with van der Waals surface area (Å²) in [4.78, 5) is 33.0. The van der Waals surface area contributed by atoms with Crippen molar-refractivity contribution in [3.8, 4) is 5.75 Å². The average Bonchev–Trinajstić information content (AvgIpc) is 3.70. The fourth-order valence-electron chi connectivity index (χ4n) is 7.14. The molecule has 1 fully saturated rings. The molecule has 0 unspecified atom stereocenters. The summed E-state index contributed by atoms with van der Waals surface area (Å²) in [7, 11) is -2.05. The number of likely N-dealkylation sites (N-methyl/N-ethyl adjacent to an activating group) is 1. The number of nitrogens with zero attached hydrogens (tertiary/aromatic N) is 2. The highest BCUT2D eigenvalue weighted by Crippen LogP contribution is 2.43. The van der Waals surface area contributed by atoms with Crippen LogP contribution in [-0.2, 0) is 32.5 Å². The number of benzene rings is 3. The monoisotopic (exact) mass is 714 g/mol. The number of carbonyl (C=O) groups is 2. The zero-order valence-corrected chi connectivity index (χ0v) is 29.2. The first kappa shape index (κ1) is 33.4. The number of para-hydroxylation sites is 1. The number of benzodiazepines with no additional fused rings is 1. The number of aliphatic imine (C=N–C) groups is 1. The van der Waals surface area contributed by atoms with E-state index in [0.29, 0.717) is 28.6 Å². The summed E-state index contributed by atoms with van der Waals surface area (Å²) in [6.07, 6.45) is 1.91. The molecular formula is C37H35ClN4O5S2. The van der Waals surface area contributed by atoms with Crippen LogP contribution < -0.4 is 19.7 Å². The predicted molar refractivity (Wildman–Crippen MR) is 192 cm³/mol. The molecule has 0 radical (unpaired) electrons. The molecule has 2 heterocycles. The Kier molecular flexibility index (Phi) is 9.29. The minimum Gasteiger partial charge on any atom is -0.426 e. The Morgan fingerprint density at radius 1 is 1.04 bits per heavy atom. The number of fused-ring (bicyclic) bond motifs is 4. The number of rotatable bonds is 8. The van der Waals surface area contributed by atoms with Gasteiger partial charge in [0.1, 0.15) is 9.96 Å². The highest BCUT2D eigenvalue weighted by atomic mass is 35.5. The normalized spacial score (nSPS) is 22.0. The lowest BCUT2D eigenvalue weighted by Gasteiger charge is -2.30. The molecule has 1 saturated carbocycles. The summed E-state index contributed by atoms with van der Waals surface area (Å²) in [6.45, 7) is 4.11. The second kappa shape index (κ2) is 13.6. The van der Waals surface area contributed by atoms with Gasteiger partial charge in [-0.05, 0) is 79.0 Å². The van der Waals surface area contributed by atoms with Gasteiger partial charge in [0.2, 0.25) is 10.0 Å². The molecule has 1 aromatic heterocycles. The first-order chi connectivity index (χ1) is 23.6. The van der Waals surface area contributed by atoms with E-state index in [1.54, 1.807) is 24.1 Å². The summed E-state index contributed by atoms with van der Waals surface area (Å²) in [5.74, 6) is -0.421. The van der Waals surface area contributed by atoms with E-state index >= 15 is 0 Å². The third kappa shape index (κ3) is 6.86. The Hall–Kier alpha value is -4.13. The number of anilines is 1. The topological polar surface area (TPSA) is 117 Å². The standard InChI is InChI=1S/C37H35ClN4O5S2/c1-22-18-24-12-14-27(20-26(24)19-25-13-15-28(22)35(25)41-49(45,46)33-17-16-31(38)48-33)47-32(43)21-39-36-37(44)42(2)30-11-7-6-10-29(30)34(40-36)23-8-4-3-5-9-23/h3-12,14,16-17,20,25,28,35-36,39,41H,1,13,15,18-19,21H2,2H3/t25-,28+,35+,36+/m1/s1. The van der Waals surface area contributed by atoms with Crippen molar-refractivity contribution in [1.82, 2.24) is 10.0 Å². The van der Waals surface area contributed by atoms with E-state index in [4.69, 9.17) is 21.3 Å². The summed E-state index contributed by atoms with van der Waals surface area (Å²) < 4.78 is 35.9. The molecule has 4 atom stereocenters. The van der Waals surface area contributed by atoms with Crippen LogP contribution in [0.15, 0.2) is 106 Å². The first-order valence-corrected chi connectivity index (χ1v) is 18.8. The molecule has 1 amide bonds. The zero-order valence-electron chi connectivity index (χ0n) is 26.8. The van der Waals surface area contributed by atoms with E-state index in [-0.39, 0.29) is 34.5 Å². The molecule has 4 aromatic rings.